The lowest BCUT2D eigenvalue weighted by atomic mass is 9.97. The van der Waals surface area contributed by atoms with E-state index in [0.29, 0.717) is 17.7 Å². The molecule has 0 N–H and O–H groups in total. The molecule has 0 aromatic carbocycles. The number of piperidine rings is 1. The summed E-state index contributed by atoms with van der Waals surface area (Å²) in [7, 11) is 0. The van der Waals surface area contributed by atoms with Gasteiger partial charge in [-0.3, -0.25) is 4.79 Å². The minimum atomic E-state index is 0.383. The van der Waals surface area contributed by atoms with Crippen LogP contribution < -0.4 is 0 Å². The first kappa shape index (κ1) is 13.1. The topological polar surface area (TPSA) is 33.2 Å². The molecule has 1 aliphatic carbocycles. The number of likely N-dealkylation sites (tertiary alicyclic amines) is 1. The Bertz CT molecular complexity index is 412. The number of aromatic nitrogens is 1. The maximum absolute atomic E-state index is 12.4. The van der Waals surface area contributed by atoms with Gasteiger partial charge in [0.1, 0.15) is 0 Å². The van der Waals surface area contributed by atoms with Gasteiger partial charge in [0.2, 0.25) is 5.91 Å². The molecule has 0 radical (unpaired) electrons. The van der Waals surface area contributed by atoms with Crippen molar-refractivity contribution in [2.24, 2.45) is 5.92 Å². The summed E-state index contributed by atoms with van der Waals surface area (Å²) in [6.07, 6.45) is 10.1. The molecule has 2 heterocycles. The molecular formula is C15H22N2OS. The van der Waals surface area contributed by atoms with Gasteiger partial charge in [-0.25, -0.2) is 4.98 Å². The van der Waals surface area contributed by atoms with Crippen molar-refractivity contribution in [3.8, 4) is 0 Å². The van der Waals surface area contributed by atoms with E-state index in [-0.39, 0.29) is 0 Å². The molecule has 4 heteroatoms. The number of hydrogen-bond acceptors (Lipinski definition) is 3. The van der Waals surface area contributed by atoms with Crippen LogP contribution in [0.2, 0.25) is 0 Å². The second-order valence-corrected chi connectivity index (χ2v) is 6.83. The first-order chi connectivity index (χ1) is 9.33. The lowest BCUT2D eigenvalue weighted by Crippen LogP contribution is -2.39. The number of carbonyl (C=O) groups excluding carboxylic acids is 1. The highest BCUT2D eigenvalue weighted by atomic mass is 32.1. The van der Waals surface area contributed by atoms with Crippen molar-refractivity contribution in [1.29, 1.82) is 0 Å². The summed E-state index contributed by atoms with van der Waals surface area (Å²) in [6, 6.07) is 0. The third kappa shape index (κ3) is 3.16. The Labute approximate surface area is 119 Å². The third-order valence-corrected chi connectivity index (χ3v) is 5.45. The number of nitrogens with zero attached hydrogens (tertiary/aromatic N) is 2. The Morgan fingerprint density at radius 2 is 2.16 bits per heavy atom. The molecule has 0 bridgehead atoms. The lowest BCUT2D eigenvalue weighted by Gasteiger charge is -2.32. The maximum atomic E-state index is 12.4. The van der Waals surface area contributed by atoms with Crippen LogP contribution >= 0.6 is 11.3 Å². The van der Waals surface area contributed by atoms with Gasteiger partial charge in [0.05, 0.1) is 5.01 Å². The van der Waals surface area contributed by atoms with Crippen molar-refractivity contribution in [3.05, 3.63) is 16.6 Å². The molecular weight excluding hydrogens is 256 g/mol. The summed E-state index contributed by atoms with van der Waals surface area (Å²) >= 11 is 1.73. The van der Waals surface area contributed by atoms with Crippen molar-refractivity contribution < 1.29 is 4.79 Å². The molecule has 1 saturated heterocycles. The van der Waals surface area contributed by atoms with E-state index in [1.54, 1.807) is 11.3 Å². The normalized spacial score (nSPS) is 24.8. The molecule has 2 fully saturated rings. The zero-order chi connectivity index (χ0) is 13.1. The third-order valence-electron chi connectivity index (χ3n) is 4.51. The van der Waals surface area contributed by atoms with Crippen molar-refractivity contribution in [3.63, 3.8) is 0 Å². The highest BCUT2D eigenvalue weighted by Gasteiger charge is 2.28. The molecule has 104 valence electrons. The van der Waals surface area contributed by atoms with Gasteiger partial charge in [0.25, 0.3) is 0 Å². The average Bonchev–Trinajstić information content (AvgIpc) is 3.12. The smallest absolute Gasteiger partial charge is 0.222 e. The van der Waals surface area contributed by atoms with Crippen molar-refractivity contribution in [1.82, 2.24) is 9.88 Å². The summed E-state index contributed by atoms with van der Waals surface area (Å²) in [5, 5.41) is 3.24. The standard InChI is InChI=1S/C15H22N2OS/c18-14(10-12-4-1-2-5-12)17-8-3-6-13(11-17)15-16-7-9-19-15/h7,9,12-13H,1-6,8,10-11H2. The van der Waals surface area contributed by atoms with E-state index in [2.05, 4.69) is 9.88 Å². The molecule has 3 nitrogen and oxygen atoms in total. The van der Waals surface area contributed by atoms with E-state index < -0.39 is 0 Å². The molecule has 1 aromatic heterocycles. The molecule has 3 rings (SSSR count). The fourth-order valence-corrected chi connectivity index (χ4v) is 4.20. The van der Waals surface area contributed by atoms with Crippen LogP contribution in [0.5, 0.6) is 0 Å². The van der Waals surface area contributed by atoms with Gasteiger partial charge in [-0.2, -0.15) is 0 Å². The maximum Gasteiger partial charge on any atom is 0.222 e. The predicted octanol–water partition coefficient (Wildman–Crippen LogP) is 3.43. The van der Waals surface area contributed by atoms with E-state index in [9.17, 15) is 4.79 Å². The Balaban J connectivity index is 1.56. The summed E-state index contributed by atoms with van der Waals surface area (Å²) in [5.74, 6) is 1.52. The van der Waals surface area contributed by atoms with Crippen LogP contribution in [0.1, 0.15) is 55.9 Å². The quantitative estimate of drug-likeness (QED) is 0.848. The molecule has 2 aliphatic rings. The molecule has 19 heavy (non-hydrogen) atoms. The molecule has 1 amide bonds. The van der Waals surface area contributed by atoms with E-state index in [4.69, 9.17) is 0 Å². The fraction of sp³-hybridized carbons (Fsp3) is 0.733. The highest BCUT2D eigenvalue weighted by Crippen LogP contribution is 2.31. The van der Waals surface area contributed by atoms with Crippen LogP contribution in [0.15, 0.2) is 11.6 Å². The van der Waals surface area contributed by atoms with Gasteiger partial charge in [-0.05, 0) is 31.6 Å². The second kappa shape index (κ2) is 6.04. The van der Waals surface area contributed by atoms with Gasteiger partial charge in [0.15, 0.2) is 0 Å². The summed E-state index contributed by atoms with van der Waals surface area (Å²) in [5.41, 5.74) is 0. The Morgan fingerprint density at radius 3 is 2.89 bits per heavy atom. The zero-order valence-electron chi connectivity index (χ0n) is 11.4. The van der Waals surface area contributed by atoms with Gasteiger partial charge < -0.3 is 4.90 Å². The van der Waals surface area contributed by atoms with E-state index in [1.807, 2.05) is 11.6 Å². The molecule has 1 unspecified atom stereocenters. The van der Waals surface area contributed by atoms with Crippen molar-refractivity contribution in [2.75, 3.05) is 13.1 Å². The summed E-state index contributed by atoms with van der Waals surface area (Å²) < 4.78 is 0. The number of amides is 1. The van der Waals surface area contributed by atoms with E-state index in [0.717, 1.165) is 25.9 Å². The number of hydrogen-bond donors (Lipinski definition) is 0. The minimum absolute atomic E-state index is 0.383. The largest absolute Gasteiger partial charge is 0.342 e. The Kier molecular flexibility index (Phi) is 4.16. The molecule has 1 aromatic rings. The minimum Gasteiger partial charge on any atom is -0.342 e. The number of carbonyl (C=O) groups is 1. The van der Waals surface area contributed by atoms with Crippen LogP contribution in [0.3, 0.4) is 0 Å². The summed E-state index contributed by atoms with van der Waals surface area (Å²) in [4.78, 5) is 18.9. The van der Waals surface area contributed by atoms with Crippen LogP contribution in [-0.2, 0) is 4.79 Å². The molecule has 0 spiro atoms. The van der Waals surface area contributed by atoms with E-state index in [1.165, 1.54) is 37.1 Å². The van der Waals surface area contributed by atoms with Crippen molar-refractivity contribution >= 4 is 17.2 Å². The van der Waals surface area contributed by atoms with Crippen LogP contribution in [-0.4, -0.2) is 28.9 Å². The van der Waals surface area contributed by atoms with E-state index >= 15 is 0 Å². The first-order valence-electron chi connectivity index (χ1n) is 7.50. The fourth-order valence-electron chi connectivity index (χ4n) is 3.43. The second-order valence-electron chi connectivity index (χ2n) is 5.90. The van der Waals surface area contributed by atoms with Crippen LogP contribution in [0.25, 0.3) is 0 Å². The SMILES string of the molecule is O=C(CC1CCCC1)N1CCCC(c2nccs2)C1. The first-order valence-corrected chi connectivity index (χ1v) is 8.38. The van der Waals surface area contributed by atoms with Gasteiger partial charge >= 0.3 is 0 Å². The molecule has 1 saturated carbocycles. The van der Waals surface area contributed by atoms with Gasteiger partial charge in [0, 0.05) is 37.0 Å². The van der Waals surface area contributed by atoms with Gasteiger partial charge in [-0.15, -0.1) is 11.3 Å². The van der Waals surface area contributed by atoms with Crippen LogP contribution in [0, 0.1) is 5.92 Å². The Hall–Kier alpha value is -0.900. The zero-order valence-corrected chi connectivity index (χ0v) is 12.2. The van der Waals surface area contributed by atoms with Gasteiger partial charge in [-0.1, -0.05) is 12.8 Å². The highest BCUT2D eigenvalue weighted by molar-refractivity contribution is 7.09. The average molecular weight is 278 g/mol. The van der Waals surface area contributed by atoms with Crippen molar-refractivity contribution in [2.45, 2.75) is 50.9 Å². The number of thiazole rings is 1. The van der Waals surface area contributed by atoms with Crippen LogP contribution in [0.4, 0.5) is 0 Å². The monoisotopic (exact) mass is 278 g/mol. The predicted molar refractivity (Wildman–Crippen MR) is 77.2 cm³/mol. The number of rotatable bonds is 3. The molecule has 1 atom stereocenters. The Morgan fingerprint density at radius 1 is 1.32 bits per heavy atom. The lowest BCUT2D eigenvalue weighted by molar-refractivity contribution is -0.133. The summed E-state index contributed by atoms with van der Waals surface area (Å²) in [6.45, 7) is 1.84. The molecule has 1 aliphatic heterocycles.